The molecular weight excluding hydrogens is 450 g/mol. The maximum Gasteiger partial charge on any atom is 0.256 e. The van der Waals surface area contributed by atoms with Gasteiger partial charge in [-0.3, -0.25) is 14.6 Å². The summed E-state index contributed by atoms with van der Waals surface area (Å²) in [4.78, 5) is 35.8. The number of fused-ring (bicyclic) bond motifs is 1. The van der Waals surface area contributed by atoms with Crippen molar-refractivity contribution in [3.8, 4) is 0 Å². The first-order chi connectivity index (χ1) is 17.0. The van der Waals surface area contributed by atoms with Gasteiger partial charge in [-0.25, -0.2) is 8.78 Å². The molecule has 0 N–H and O–H groups in total. The summed E-state index contributed by atoms with van der Waals surface area (Å²) in [5, 5.41) is 0. The quantitative estimate of drug-likeness (QED) is 0.658. The molecule has 0 aromatic heterocycles. The van der Waals surface area contributed by atoms with E-state index in [0.717, 1.165) is 36.9 Å². The number of halogens is 2. The first-order valence-corrected chi connectivity index (χ1v) is 12.4. The fourth-order valence-corrected chi connectivity index (χ4v) is 5.33. The smallest absolute Gasteiger partial charge is 0.256 e. The van der Waals surface area contributed by atoms with Crippen LogP contribution in [0.2, 0.25) is 0 Å². The van der Waals surface area contributed by atoms with Crippen molar-refractivity contribution >= 4 is 23.7 Å². The lowest BCUT2D eigenvalue weighted by Crippen LogP contribution is -2.52. The molecule has 0 unspecified atom stereocenters. The summed E-state index contributed by atoms with van der Waals surface area (Å²) in [6.07, 6.45) is 6.98. The Labute approximate surface area is 204 Å². The number of hydrogen-bond acceptors (Lipinski definition) is 4. The minimum atomic E-state index is -0.557. The Kier molecular flexibility index (Phi) is 6.79. The van der Waals surface area contributed by atoms with Gasteiger partial charge in [0.25, 0.3) is 5.91 Å². The van der Waals surface area contributed by atoms with E-state index in [4.69, 9.17) is 0 Å². The Morgan fingerprint density at radius 3 is 2.43 bits per heavy atom. The molecule has 184 valence electrons. The molecule has 35 heavy (non-hydrogen) atoms. The van der Waals surface area contributed by atoms with Crippen LogP contribution in [-0.2, 0) is 11.3 Å². The van der Waals surface area contributed by atoms with Crippen LogP contribution in [0.3, 0.4) is 0 Å². The van der Waals surface area contributed by atoms with Crippen molar-refractivity contribution < 1.29 is 18.4 Å². The maximum atomic E-state index is 14.7. The molecule has 5 rings (SSSR count). The van der Waals surface area contributed by atoms with Crippen LogP contribution in [0.15, 0.2) is 41.4 Å². The highest BCUT2D eigenvalue weighted by atomic mass is 19.1. The summed E-state index contributed by atoms with van der Waals surface area (Å²) in [5.41, 5.74) is 2.34. The number of nitrogens with zero attached hydrogens (tertiary/aromatic N) is 4. The number of piperazine rings is 1. The van der Waals surface area contributed by atoms with E-state index in [1.165, 1.54) is 24.6 Å². The summed E-state index contributed by atoms with van der Waals surface area (Å²) in [7, 11) is 0. The fraction of sp³-hybridized carbons (Fsp3) is 0.444. The molecule has 2 aromatic rings. The van der Waals surface area contributed by atoms with Crippen molar-refractivity contribution in [1.82, 2.24) is 9.80 Å². The molecule has 2 aromatic carbocycles. The van der Waals surface area contributed by atoms with Gasteiger partial charge in [-0.1, -0.05) is 25.3 Å². The molecule has 1 saturated carbocycles. The van der Waals surface area contributed by atoms with Gasteiger partial charge in [-0.2, -0.15) is 0 Å². The lowest BCUT2D eigenvalue weighted by molar-refractivity contribution is -0.138. The molecule has 1 aliphatic carbocycles. The number of benzene rings is 2. The molecule has 0 atom stereocenters. The summed E-state index contributed by atoms with van der Waals surface area (Å²) >= 11 is 0. The van der Waals surface area contributed by atoms with Crippen LogP contribution in [0, 0.1) is 17.6 Å². The lowest BCUT2D eigenvalue weighted by Gasteiger charge is -2.37. The van der Waals surface area contributed by atoms with Crippen LogP contribution in [0.1, 0.15) is 53.6 Å². The topological polar surface area (TPSA) is 56.2 Å². The van der Waals surface area contributed by atoms with E-state index in [2.05, 4.69) is 4.99 Å². The maximum absolute atomic E-state index is 14.7. The van der Waals surface area contributed by atoms with Gasteiger partial charge in [0.15, 0.2) is 0 Å². The Morgan fingerprint density at radius 1 is 0.914 bits per heavy atom. The van der Waals surface area contributed by atoms with Gasteiger partial charge in [-0.05, 0) is 48.7 Å². The molecule has 1 saturated heterocycles. The second-order valence-electron chi connectivity index (χ2n) is 9.62. The number of aliphatic imine (C=N–C) groups is 1. The van der Waals surface area contributed by atoms with Crippen molar-refractivity contribution in [3.63, 3.8) is 0 Å². The molecule has 0 bridgehead atoms. The van der Waals surface area contributed by atoms with Crippen LogP contribution in [0.4, 0.5) is 14.5 Å². The highest BCUT2D eigenvalue weighted by molar-refractivity contribution is 5.95. The zero-order valence-electron chi connectivity index (χ0n) is 19.8. The first-order valence-electron chi connectivity index (χ1n) is 12.4. The number of hydrogen-bond donors (Lipinski definition) is 0. The SMILES string of the molecule is O=C(c1cc(CN2CN=Cc3cc(F)ccc32)ccc1F)N1CCN(C(=O)C2CCCCC2)CC1. The monoisotopic (exact) mass is 480 g/mol. The Hall–Kier alpha value is -3.29. The van der Waals surface area contributed by atoms with Gasteiger partial charge in [0, 0.05) is 56.1 Å². The summed E-state index contributed by atoms with van der Waals surface area (Å²) < 4.78 is 28.3. The molecule has 2 aliphatic heterocycles. The molecule has 8 heteroatoms. The number of rotatable bonds is 4. The number of carbonyl (C=O) groups is 2. The van der Waals surface area contributed by atoms with Crippen LogP contribution < -0.4 is 4.90 Å². The Balaban J connectivity index is 1.24. The molecule has 3 aliphatic rings. The molecule has 2 heterocycles. The molecule has 2 fully saturated rings. The zero-order valence-corrected chi connectivity index (χ0v) is 19.8. The van der Waals surface area contributed by atoms with Crippen molar-refractivity contribution in [3.05, 3.63) is 64.7 Å². The average Bonchev–Trinajstić information content (AvgIpc) is 2.89. The third kappa shape index (κ3) is 5.06. The second kappa shape index (κ2) is 10.1. The van der Waals surface area contributed by atoms with E-state index in [1.54, 1.807) is 29.3 Å². The average molecular weight is 481 g/mol. The number of carbonyl (C=O) groups excluding carboxylic acids is 2. The predicted octanol–water partition coefficient (Wildman–Crippen LogP) is 4.23. The van der Waals surface area contributed by atoms with Crippen LogP contribution >= 0.6 is 0 Å². The van der Waals surface area contributed by atoms with Gasteiger partial charge in [0.2, 0.25) is 5.91 Å². The van der Waals surface area contributed by atoms with Crippen LogP contribution in [0.5, 0.6) is 0 Å². The molecule has 0 spiro atoms. The molecule has 6 nitrogen and oxygen atoms in total. The minimum Gasteiger partial charge on any atom is -0.347 e. The largest absolute Gasteiger partial charge is 0.347 e. The third-order valence-corrected chi connectivity index (χ3v) is 7.28. The van der Waals surface area contributed by atoms with Crippen LogP contribution in [-0.4, -0.2) is 60.7 Å². The normalized spacial score (nSPS) is 18.5. The van der Waals surface area contributed by atoms with Gasteiger partial charge >= 0.3 is 0 Å². The van der Waals surface area contributed by atoms with Crippen molar-refractivity contribution in [2.24, 2.45) is 10.9 Å². The van der Waals surface area contributed by atoms with E-state index < -0.39 is 5.82 Å². The third-order valence-electron chi connectivity index (χ3n) is 7.28. The van der Waals surface area contributed by atoms with Crippen molar-refractivity contribution in [2.75, 3.05) is 37.7 Å². The summed E-state index contributed by atoms with van der Waals surface area (Å²) in [6, 6.07) is 9.13. The predicted molar refractivity (Wildman–Crippen MR) is 131 cm³/mol. The standard InChI is InChI=1S/C27H30F2N4O2/c28-22-7-9-25-21(15-22)16-30-18-33(25)17-19-6-8-24(29)23(14-19)27(35)32-12-10-31(11-13-32)26(34)20-4-2-1-3-5-20/h6-9,14-16,20H,1-5,10-13,17-18H2. The number of anilines is 1. The van der Waals surface area contributed by atoms with Gasteiger partial charge in [0.1, 0.15) is 18.3 Å². The van der Waals surface area contributed by atoms with Gasteiger partial charge in [-0.15, -0.1) is 0 Å². The Morgan fingerprint density at radius 2 is 1.66 bits per heavy atom. The second-order valence-corrected chi connectivity index (χ2v) is 9.62. The molecule has 2 amide bonds. The van der Waals surface area contributed by atoms with E-state index in [-0.39, 0.29) is 29.1 Å². The van der Waals surface area contributed by atoms with Gasteiger partial charge < -0.3 is 14.7 Å². The summed E-state index contributed by atoms with van der Waals surface area (Å²) in [5.74, 6) is -0.922. The lowest BCUT2D eigenvalue weighted by atomic mass is 9.88. The summed E-state index contributed by atoms with van der Waals surface area (Å²) in [6.45, 7) is 2.60. The zero-order chi connectivity index (χ0) is 24.4. The van der Waals surface area contributed by atoms with Crippen LogP contribution in [0.25, 0.3) is 0 Å². The highest BCUT2D eigenvalue weighted by Gasteiger charge is 2.30. The Bertz CT molecular complexity index is 1140. The van der Waals surface area contributed by atoms with E-state index in [9.17, 15) is 18.4 Å². The van der Waals surface area contributed by atoms with E-state index in [1.807, 2.05) is 9.80 Å². The minimum absolute atomic E-state index is 0.0365. The van der Waals surface area contributed by atoms with E-state index in [0.29, 0.717) is 45.0 Å². The molecular formula is C27H30F2N4O2. The number of amides is 2. The van der Waals surface area contributed by atoms with Crippen molar-refractivity contribution in [1.29, 1.82) is 0 Å². The molecule has 0 radical (unpaired) electrons. The van der Waals surface area contributed by atoms with Crippen molar-refractivity contribution in [2.45, 2.75) is 38.6 Å². The first kappa shape index (κ1) is 23.5. The van der Waals surface area contributed by atoms with E-state index >= 15 is 0 Å². The highest BCUT2D eigenvalue weighted by Crippen LogP contribution is 2.27. The van der Waals surface area contributed by atoms with Gasteiger partial charge in [0.05, 0.1) is 5.56 Å². The fourth-order valence-electron chi connectivity index (χ4n) is 5.33.